The van der Waals surface area contributed by atoms with Gasteiger partial charge in [-0.05, 0) is 49.1 Å². The van der Waals surface area contributed by atoms with Crippen molar-refractivity contribution < 1.29 is 4.74 Å². The molecule has 1 saturated carbocycles. The van der Waals surface area contributed by atoms with E-state index in [1.807, 2.05) is 30.8 Å². The molecular weight excluding hydrogens is 478 g/mol. The Morgan fingerprint density at radius 2 is 1.89 bits per heavy atom. The Labute approximate surface area is 220 Å². The zero-order valence-corrected chi connectivity index (χ0v) is 22.2. The molecule has 9 nitrogen and oxygen atoms in total. The number of ether oxygens (including phenoxy) is 1. The molecule has 4 aromatic heterocycles. The van der Waals surface area contributed by atoms with Crippen LogP contribution in [0.5, 0.6) is 5.88 Å². The highest BCUT2D eigenvalue weighted by atomic mass is 16.5. The molecule has 0 radical (unpaired) electrons. The van der Waals surface area contributed by atoms with E-state index in [4.69, 9.17) is 9.72 Å². The van der Waals surface area contributed by atoms with Crippen LogP contribution < -0.4 is 15.4 Å². The van der Waals surface area contributed by atoms with Crippen LogP contribution in [-0.4, -0.2) is 45.0 Å². The van der Waals surface area contributed by atoms with Gasteiger partial charge in [-0.3, -0.25) is 14.1 Å². The summed E-state index contributed by atoms with van der Waals surface area (Å²) >= 11 is 0. The van der Waals surface area contributed by atoms with Crippen LogP contribution in [0.25, 0.3) is 44.5 Å². The van der Waals surface area contributed by atoms with Gasteiger partial charge in [-0.15, -0.1) is 0 Å². The average molecular weight is 510 g/mol. The van der Waals surface area contributed by atoms with Crippen LogP contribution in [0, 0.1) is 6.92 Å². The highest BCUT2D eigenvalue weighted by Gasteiger charge is 2.27. The molecule has 0 atom stereocenters. The molecule has 0 spiro atoms. The number of anilines is 1. The SMILES string of the molecule is C=NN(C)c1ccc(-c2c(-c3ccc(OC)nc3)[nH]c3ncc4c(c23)n(C2CCCC2)c(=O)n4C)cc1C. The molecule has 1 N–H and O–H groups in total. The van der Waals surface area contributed by atoms with Gasteiger partial charge in [0, 0.05) is 50.2 Å². The van der Waals surface area contributed by atoms with Gasteiger partial charge in [-0.25, -0.2) is 14.8 Å². The maximum atomic E-state index is 13.6. The summed E-state index contributed by atoms with van der Waals surface area (Å²) in [5.74, 6) is 0.546. The summed E-state index contributed by atoms with van der Waals surface area (Å²) in [6, 6.07) is 10.3. The molecule has 0 amide bonds. The normalized spacial score (nSPS) is 14.0. The summed E-state index contributed by atoms with van der Waals surface area (Å²) in [6.45, 7) is 5.73. The molecule has 0 unspecified atom stereocenters. The van der Waals surface area contributed by atoms with Crippen LogP contribution in [0.1, 0.15) is 37.3 Å². The van der Waals surface area contributed by atoms with Crippen LogP contribution in [0.2, 0.25) is 0 Å². The Kier molecular flexibility index (Phi) is 5.78. The highest BCUT2D eigenvalue weighted by molar-refractivity contribution is 6.14. The second-order valence-electron chi connectivity index (χ2n) is 10.00. The van der Waals surface area contributed by atoms with Crippen molar-refractivity contribution in [2.75, 3.05) is 19.2 Å². The number of benzene rings is 1. The lowest BCUT2D eigenvalue weighted by atomic mass is 9.97. The molecule has 9 heteroatoms. The van der Waals surface area contributed by atoms with Gasteiger partial charge in [-0.2, -0.15) is 5.10 Å². The van der Waals surface area contributed by atoms with Gasteiger partial charge in [0.2, 0.25) is 5.88 Å². The summed E-state index contributed by atoms with van der Waals surface area (Å²) in [5.41, 5.74) is 8.35. The van der Waals surface area contributed by atoms with Crippen LogP contribution in [0.4, 0.5) is 5.69 Å². The number of nitrogens with one attached hydrogen (secondary N) is 1. The molecule has 38 heavy (non-hydrogen) atoms. The molecule has 4 heterocycles. The number of fused-ring (bicyclic) bond motifs is 3. The van der Waals surface area contributed by atoms with Crippen LogP contribution in [0.3, 0.4) is 0 Å². The van der Waals surface area contributed by atoms with Crippen molar-refractivity contribution in [1.82, 2.24) is 24.1 Å². The number of H-pyrrole nitrogens is 1. The van der Waals surface area contributed by atoms with Gasteiger partial charge in [0.05, 0.1) is 41.1 Å². The first-order valence-corrected chi connectivity index (χ1v) is 12.9. The summed E-state index contributed by atoms with van der Waals surface area (Å²) in [6.07, 6.45) is 7.89. The van der Waals surface area contributed by atoms with Gasteiger partial charge < -0.3 is 9.72 Å². The van der Waals surface area contributed by atoms with Crippen LogP contribution in [0.15, 0.2) is 52.6 Å². The zero-order valence-electron chi connectivity index (χ0n) is 22.2. The monoisotopic (exact) mass is 509 g/mol. The lowest BCUT2D eigenvalue weighted by Crippen LogP contribution is -2.24. The Bertz CT molecular complexity index is 1740. The minimum atomic E-state index is 0.00576. The maximum absolute atomic E-state index is 13.6. The molecule has 0 aliphatic heterocycles. The topological polar surface area (TPSA) is 93.3 Å². The van der Waals surface area contributed by atoms with E-state index in [0.29, 0.717) is 5.88 Å². The zero-order chi connectivity index (χ0) is 26.6. The summed E-state index contributed by atoms with van der Waals surface area (Å²) in [7, 11) is 5.32. The van der Waals surface area contributed by atoms with E-state index >= 15 is 0 Å². The summed E-state index contributed by atoms with van der Waals surface area (Å²) in [5, 5.41) is 6.76. The minimum Gasteiger partial charge on any atom is -0.481 e. The number of hydrogen-bond donors (Lipinski definition) is 1. The fourth-order valence-electron chi connectivity index (χ4n) is 5.88. The fourth-order valence-corrected chi connectivity index (χ4v) is 5.88. The lowest BCUT2D eigenvalue weighted by molar-refractivity contribution is 0.398. The van der Waals surface area contributed by atoms with E-state index in [0.717, 1.165) is 81.4 Å². The third-order valence-electron chi connectivity index (χ3n) is 7.84. The van der Waals surface area contributed by atoms with Crippen LogP contribution in [-0.2, 0) is 7.05 Å². The van der Waals surface area contributed by atoms with E-state index in [-0.39, 0.29) is 11.7 Å². The molecule has 6 rings (SSSR count). The van der Waals surface area contributed by atoms with Crippen molar-refractivity contribution in [1.29, 1.82) is 0 Å². The summed E-state index contributed by atoms with van der Waals surface area (Å²) in [4.78, 5) is 26.4. The largest absolute Gasteiger partial charge is 0.481 e. The van der Waals surface area contributed by atoms with Gasteiger partial charge in [0.1, 0.15) is 5.65 Å². The van der Waals surface area contributed by atoms with Gasteiger partial charge in [0.25, 0.3) is 0 Å². The number of pyridine rings is 2. The molecule has 1 aliphatic carbocycles. The number of hydrazone groups is 1. The number of rotatable bonds is 6. The Balaban J connectivity index is 1.72. The molecular formula is C29H31N7O2. The van der Waals surface area contributed by atoms with Crippen molar-refractivity contribution in [3.63, 3.8) is 0 Å². The third-order valence-corrected chi connectivity index (χ3v) is 7.84. The molecule has 1 aliphatic rings. The van der Waals surface area contributed by atoms with E-state index in [1.165, 1.54) is 0 Å². The fraction of sp³-hybridized carbons (Fsp3) is 0.310. The van der Waals surface area contributed by atoms with Gasteiger partial charge >= 0.3 is 5.69 Å². The van der Waals surface area contributed by atoms with E-state index in [2.05, 4.69) is 46.9 Å². The molecule has 1 aromatic carbocycles. The van der Waals surface area contributed by atoms with E-state index in [9.17, 15) is 4.79 Å². The van der Waals surface area contributed by atoms with Gasteiger partial charge in [-0.1, -0.05) is 18.9 Å². The van der Waals surface area contributed by atoms with E-state index < -0.39 is 0 Å². The number of imidazole rings is 1. The molecule has 194 valence electrons. The van der Waals surface area contributed by atoms with Crippen molar-refractivity contribution >= 4 is 34.5 Å². The summed E-state index contributed by atoms with van der Waals surface area (Å²) < 4.78 is 9.03. The minimum absolute atomic E-state index is 0.00576. The molecule has 5 aromatic rings. The Morgan fingerprint density at radius 3 is 2.55 bits per heavy atom. The quantitative estimate of drug-likeness (QED) is 0.243. The first-order valence-electron chi connectivity index (χ1n) is 12.9. The first-order chi connectivity index (χ1) is 18.4. The molecule has 0 bridgehead atoms. The Hall–Kier alpha value is -4.40. The number of aromatic amines is 1. The van der Waals surface area contributed by atoms with Crippen molar-refractivity contribution in [3.05, 3.63) is 58.8 Å². The van der Waals surface area contributed by atoms with Crippen molar-refractivity contribution in [2.45, 2.75) is 38.6 Å². The second-order valence-corrected chi connectivity index (χ2v) is 10.00. The predicted molar refractivity (Wildman–Crippen MR) is 152 cm³/mol. The van der Waals surface area contributed by atoms with Crippen molar-refractivity contribution in [3.8, 4) is 28.3 Å². The maximum Gasteiger partial charge on any atom is 0.329 e. The van der Waals surface area contributed by atoms with E-state index in [1.54, 1.807) is 29.1 Å². The number of methoxy groups -OCH3 is 1. The number of nitrogens with zero attached hydrogens (tertiary/aromatic N) is 6. The standard InChI is InChI=1S/C29H31N7O2/c1-17-14-18(10-12-21(17)35(4)30-2)24-25-27-22(34(3)29(37)36(27)20-8-6-7-9-20)16-32-28(25)33-26(24)19-11-13-23(38-5)31-15-19/h10-16,20H,2,6-9H2,1,3-5H3,(H,32,33). The van der Waals surface area contributed by atoms with Gasteiger partial charge in [0.15, 0.2) is 0 Å². The first kappa shape index (κ1) is 24.0. The average Bonchev–Trinajstić information content (AvgIpc) is 3.66. The number of hydrogen-bond acceptors (Lipinski definition) is 6. The molecule has 1 fully saturated rings. The number of aromatic nitrogens is 5. The smallest absolute Gasteiger partial charge is 0.329 e. The second kappa shape index (κ2) is 9.16. The Morgan fingerprint density at radius 1 is 1.13 bits per heavy atom. The van der Waals surface area contributed by atoms with Crippen molar-refractivity contribution in [2.24, 2.45) is 12.1 Å². The number of aryl methyl sites for hydroxylation is 2. The highest BCUT2D eigenvalue weighted by Crippen LogP contribution is 2.43. The lowest BCUT2D eigenvalue weighted by Gasteiger charge is -2.17. The molecule has 0 saturated heterocycles. The van der Waals surface area contributed by atoms with Crippen LogP contribution >= 0.6 is 0 Å². The predicted octanol–water partition coefficient (Wildman–Crippen LogP) is 5.43. The third kappa shape index (κ3) is 3.60.